The van der Waals surface area contributed by atoms with Gasteiger partial charge in [0.2, 0.25) is 0 Å². The lowest BCUT2D eigenvalue weighted by Gasteiger charge is -2.35. The van der Waals surface area contributed by atoms with Crippen LogP contribution in [0.1, 0.15) is 65.2 Å². The molecule has 20 heavy (non-hydrogen) atoms. The van der Waals surface area contributed by atoms with Crippen molar-refractivity contribution in [2.75, 3.05) is 19.7 Å². The first-order chi connectivity index (χ1) is 9.56. The summed E-state index contributed by atoms with van der Waals surface area (Å²) < 4.78 is 4.88. The Balaban J connectivity index is 1.98. The van der Waals surface area contributed by atoms with Gasteiger partial charge in [-0.2, -0.15) is 0 Å². The smallest absolute Gasteiger partial charge is 0.305 e. The number of carbonyl (C=O) groups is 1. The Bertz CT molecular complexity index is 283. The molecule has 0 amide bonds. The zero-order chi connectivity index (χ0) is 14.8. The summed E-state index contributed by atoms with van der Waals surface area (Å²) in [5, 5.41) is 13.8. The first-order valence-corrected chi connectivity index (χ1v) is 8.14. The Kier molecular flexibility index (Phi) is 8.15. The molecule has 0 bridgehead atoms. The zero-order valence-corrected chi connectivity index (χ0v) is 13.1. The van der Waals surface area contributed by atoms with Crippen LogP contribution in [-0.2, 0) is 9.53 Å². The zero-order valence-electron chi connectivity index (χ0n) is 13.1. The van der Waals surface area contributed by atoms with E-state index in [0.717, 1.165) is 45.1 Å². The molecule has 0 radical (unpaired) electrons. The van der Waals surface area contributed by atoms with Gasteiger partial charge in [-0.3, -0.25) is 4.79 Å². The summed E-state index contributed by atoms with van der Waals surface area (Å²) in [7, 11) is 0. The lowest BCUT2D eigenvalue weighted by atomic mass is 9.79. The average molecular weight is 285 g/mol. The third-order valence-corrected chi connectivity index (χ3v) is 4.06. The van der Waals surface area contributed by atoms with Crippen LogP contribution in [0.25, 0.3) is 0 Å². The number of esters is 1. The Labute approximate surface area is 123 Å². The molecule has 1 aliphatic carbocycles. The molecule has 0 aromatic rings. The van der Waals surface area contributed by atoms with Gasteiger partial charge in [0.25, 0.3) is 0 Å². The molecule has 1 aliphatic rings. The largest absolute Gasteiger partial charge is 0.466 e. The highest BCUT2D eigenvalue weighted by molar-refractivity contribution is 5.69. The first-order valence-electron chi connectivity index (χ1n) is 8.14. The van der Waals surface area contributed by atoms with Crippen molar-refractivity contribution in [1.29, 1.82) is 0 Å². The molecule has 0 aromatic carbocycles. The van der Waals surface area contributed by atoms with E-state index in [1.54, 1.807) is 0 Å². The summed E-state index contributed by atoms with van der Waals surface area (Å²) in [4.78, 5) is 11.1. The van der Waals surface area contributed by atoms with E-state index in [-0.39, 0.29) is 5.97 Å². The van der Waals surface area contributed by atoms with Crippen LogP contribution < -0.4 is 5.32 Å². The van der Waals surface area contributed by atoms with Crippen molar-refractivity contribution in [3.05, 3.63) is 0 Å². The molecule has 0 saturated heterocycles. The van der Waals surface area contributed by atoms with Gasteiger partial charge in [0.15, 0.2) is 0 Å². The van der Waals surface area contributed by atoms with Crippen LogP contribution in [0.4, 0.5) is 0 Å². The fourth-order valence-corrected chi connectivity index (χ4v) is 3.04. The summed E-state index contributed by atoms with van der Waals surface area (Å²) in [5.41, 5.74) is -0.497. The number of ether oxygens (including phenoxy) is 1. The Morgan fingerprint density at radius 2 is 2.20 bits per heavy atom. The molecular formula is C16H31NO3. The van der Waals surface area contributed by atoms with Crippen LogP contribution in [-0.4, -0.2) is 36.4 Å². The summed E-state index contributed by atoms with van der Waals surface area (Å²) >= 11 is 0. The maximum atomic E-state index is 11.1. The molecular weight excluding hydrogens is 254 g/mol. The monoisotopic (exact) mass is 285 g/mol. The number of hydrogen-bond donors (Lipinski definition) is 2. The van der Waals surface area contributed by atoms with Gasteiger partial charge in [-0.15, -0.1) is 0 Å². The maximum Gasteiger partial charge on any atom is 0.305 e. The van der Waals surface area contributed by atoms with Gasteiger partial charge in [-0.1, -0.05) is 26.2 Å². The summed E-state index contributed by atoms with van der Waals surface area (Å²) in [6.07, 6.45) is 7.72. The third kappa shape index (κ3) is 7.25. The minimum absolute atomic E-state index is 0.0917. The number of rotatable bonds is 9. The van der Waals surface area contributed by atoms with E-state index in [4.69, 9.17) is 4.74 Å². The molecule has 2 atom stereocenters. The number of aliphatic hydroxyl groups is 1. The van der Waals surface area contributed by atoms with E-state index in [2.05, 4.69) is 12.2 Å². The molecule has 118 valence electrons. The lowest BCUT2D eigenvalue weighted by molar-refractivity contribution is -0.143. The predicted molar refractivity (Wildman–Crippen MR) is 80.6 cm³/mol. The van der Waals surface area contributed by atoms with Crippen LogP contribution in [0.2, 0.25) is 0 Å². The first kappa shape index (κ1) is 17.4. The lowest BCUT2D eigenvalue weighted by Crippen LogP contribution is -2.44. The van der Waals surface area contributed by atoms with Crippen molar-refractivity contribution in [2.24, 2.45) is 5.92 Å². The Hall–Kier alpha value is -0.610. The van der Waals surface area contributed by atoms with Gasteiger partial charge in [0.05, 0.1) is 12.2 Å². The van der Waals surface area contributed by atoms with E-state index < -0.39 is 5.60 Å². The summed E-state index contributed by atoms with van der Waals surface area (Å²) in [5.74, 6) is 0.547. The van der Waals surface area contributed by atoms with Gasteiger partial charge < -0.3 is 15.2 Å². The van der Waals surface area contributed by atoms with Gasteiger partial charge >= 0.3 is 5.97 Å². The van der Waals surface area contributed by atoms with E-state index in [1.165, 1.54) is 6.42 Å². The van der Waals surface area contributed by atoms with Gasteiger partial charge in [-0.05, 0) is 45.1 Å². The van der Waals surface area contributed by atoms with E-state index in [1.807, 2.05) is 6.92 Å². The number of hydrogen-bond acceptors (Lipinski definition) is 4. The highest BCUT2D eigenvalue weighted by Crippen LogP contribution is 2.31. The van der Waals surface area contributed by atoms with Gasteiger partial charge in [0.1, 0.15) is 0 Å². The van der Waals surface area contributed by atoms with Crippen LogP contribution in [0, 0.1) is 5.92 Å². The number of unbranched alkanes of at least 4 members (excludes halogenated alkanes) is 2. The standard InChI is InChI=1S/C16H31NO3/c1-3-20-15(18)9-5-4-6-11-17-13-16(19)10-7-8-14(2)12-16/h14,17,19H,3-13H2,1-2H3. The Morgan fingerprint density at radius 1 is 1.40 bits per heavy atom. The van der Waals surface area contributed by atoms with Gasteiger partial charge in [0, 0.05) is 13.0 Å². The second-order valence-electron chi connectivity index (χ2n) is 6.22. The molecule has 0 heterocycles. The quantitative estimate of drug-likeness (QED) is 0.505. The van der Waals surface area contributed by atoms with Crippen molar-refractivity contribution in [2.45, 2.75) is 70.8 Å². The molecule has 1 rings (SSSR count). The van der Waals surface area contributed by atoms with E-state index in [0.29, 0.717) is 25.5 Å². The highest BCUT2D eigenvalue weighted by Gasteiger charge is 2.31. The van der Waals surface area contributed by atoms with Crippen LogP contribution >= 0.6 is 0 Å². The fraction of sp³-hybridized carbons (Fsp3) is 0.938. The molecule has 0 aromatic heterocycles. The van der Waals surface area contributed by atoms with Crippen molar-refractivity contribution < 1.29 is 14.6 Å². The van der Waals surface area contributed by atoms with Crippen LogP contribution in [0.5, 0.6) is 0 Å². The topological polar surface area (TPSA) is 58.6 Å². The second-order valence-corrected chi connectivity index (χ2v) is 6.22. The summed E-state index contributed by atoms with van der Waals surface area (Å²) in [6.45, 7) is 6.14. The fourth-order valence-electron chi connectivity index (χ4n) is 3.04. The molecule has 0 aliphatic heterocycles. The van der Waals surface area contributed by atoms with Gasteiger partial charge in [-0.25, -0.2) is 0 Å². The molecule has 2 N–H and O–H groups in total. The molecule has 4 heteroatoms. The van der Waals surface area contributed by atoms with E-state index in [9.17, 15) is 9.90 Å². The van der Waals surface area contributed by atoms with E-state index >= 15 is 0 Å². The summed E-state index contributed by atoms with van der Waals surface area (Å²) in [6, 6.07) is 0. The van der Waals surface area contributed by atoms with Crippen LogP contribution in [0.3, 0.4) is 0 Å². The van der Waals surface area contributed by atoms with Crippen molar-refractivity contribution in [1.82, 2.24) is 5.32 Å². The van der Waals surface area contributed by atoms with Crippen molar-refractivity contribution in [3.8, 4) is 0 Å². The molecule has 1 saturated carbocycles. The normalized spacial score (nSPS) is 26.4. The molecule has 0 spiro atoms. The maximum absolute atomic E-state index is 11.1. The number of nitrogens with one attached hydrogen (secondary N) is 1. The molecule has 4 nitrogen and oxygen atoms in total. The SMILES string of the molecule is CCOC(=O)CCCCCNCC1(O)CCCC(C)C1. The predicted octanol–water partition coefficient (Wildman–Crippen LogP) is 2.64. The number of carbonyl (C=O) groups excluding carboxylic acids is 1. The molecule has 2 unspecified atom stereocenters. The van der Waals surface area contributed by atoms with Crippen molar-refractivity contribution >= 4 is 5.97 Å². The molecule has 1 fully saturated rings. The highest BCUT2D eigenvalue weighted by atomic mass is 16.5. The average Bonchev–Trinajstić information content (AvgIpc) is 2.37. The minimum atomic E-state index is -0.497. The Morgan fingerprint density at radius 3 is 2.90 bits per heavy atom. The second kappa shape index (κ2) is 9.35. The third-order valence-electron chi connectivity index (χ3n) is 4.06. The van der Waals surface area contributed by atoms with Crippen LogP contribution in [0.15, 0.2) is 0 Å². The minimum Gasteiger partial charge on any atom is -0.466 e. The van der Waals surface area contributed by atoms with Crippen molar-refractivity contribution in [3.63, 3.8) is 0 Å².